The van der Waals surface area contributed by atoms with Crippen LogP contribution in [-0.2, 0) is 16.6 Å². The van der Waals surface area contributed by atoms with Gasteiger partial charge >= 0.3 is 0 Å². The molecule has 3 rings (SSSR count). The van der Waals surface area contributed by atoms with E-state index in [1.54, 1.807) is 21.8 Å². The Bertz CT molecular complexity index is 887. The van der Waals surface area contributed by atoms with Gasteiger partial charge in [0.1, 0.15) is 18.5 Å². The molecule has 162 valence electrons. The first-order valence-corrected chi connectivity index (χ1v) is 10.2. The molecule has 1 N–H and O–H groups in total. The van der Waals surface area contributed by atoms with E-state index < -0.39 is 0 Å². The summed E-state index contributed by atoms with van der Waals surface area (Å²) >= 11 is 0. The van der Waals surface area contributed by atoms with Gasteiger partial charge in [0, 0.05) is 51.3 Å². The Morgan fingerprint density at radius 1 is 1.27 bits per heavy atom. The number of carbonyl (C=O) groups is 2. The van der Waals surface area contributed by atoms with Gasteiger partial charge in [-0.25, -0.2) is 0 Å². The maximum atomic E-state index is 12.9. The molecule has 1 aromatic carbocycles. The average molecular weight is 415 g/mol. The second-order valence-corrected chi connectivity index (χ2v) is 7.63. The molecule has 2 heterocycles. The van der Waals surface area contributed by atoms with Crippen molar-refractivity contribution in [3.8, 4) is 5.75 Å². The van der Waals surface area contributed by atoms with Crippen LogP contribution in [0.5, 0.6) is 5.75 Å². The van der Waals surface area contributed by atoms with Gasteiger partial charge in [-0.15, -0.1) is 0 Å². The Hall–Kier alpha value is -2.87. The van der Waals surface area contributed by atoms with Crippen LogP contribution in [0.3, 0.4) is 0 Å². The fourth-order valence-electron chi connectivity index (χ4n) is 3.67. The number of ether oxygens (including phenoxy) is 2. The predicted octanol–water partition coefficient (Wildman–Crippen LogP) is 2.24. The van der Waals surface area contributed by atoms with Gasteiger partial charge < -0.3 is 19.7 Å². The van der Waals surface area contributed by atoms with Crippen LogP contribution in [0.4, 0.5) is 0 Å². The zero-order valence-corrected chi connectivity index (χ0v) is 18.1. The first-order valence-electron chi connectivity index (χ1n) is 10.2. The first kappa shape index (κ1) is 21.8. The highest BCUT2D eigenvalue weighted by atomic mass is 16.5. The molecule has 0 unspecified atom stereocenters. The topological polar surface area (TPSA) is 85.7 Å². The number of nitrogens with one attached hydrogen (secondary N) is 1. The molecule has 1 aliphatic rings. The van der Waals surface area contributed by atoms with Crippen molar-refractivity contribution in [3.05, 3.63) is 47.3 Å². The Kier molecular flexibility index (Phi) is 7.10. The Labute approximate surface area is 177 Å². The van der Waals surface area contributed by atoms with Gasteiger partial charge in [0.25, 0.3) is 5.91 Å². The first-order chi connectivity index (χ1) is 14.4. The van der Waals surface area contributed by atoms with Crippen molar-refractivity contribution >= 4 is 11.8 Å². The standard InChI is InChI=1S/C22H30N4O4/c1-15(19-13-23-25(3)16(19)2)24-22(28)18-7-5-6-8-20(18)30-17-9-11-26(12-10-17)21(27)14-29-4/h5-8,13,15,17H,9-12,14H2,1-4H3,(H,24,28)/t15-/m0/s1. The maximum absolute atomic E-state index is 12.9. The Morgan fingerprint density at radius 2 is 1.97 bits per heavy atom. The van der Waals surface area contributed by atoms with E-state index in [1.807, 2.05) is 39.1 Å². The summed E-state index contributed by atoms with van der Waals surface area (Å²) in [5.74, 6) is 0.372. The Balaban J connectivity index is 1.63. The molecule has 1 saturated heterocycles. The summed E-state index contributed by atoms with van der Waals surface area (Å²) in [6.07, 6.45) is 3.18. The minimum absolute atomic E-state index is 0.00425. The van der Waals surface area contributed by atoms with Crippen LogP contribution >= 0.6 is 0 Å². The third kappa shape index (κ3) is 4.99. The molecule has 0 aliphatic carbocycles. The molecular weight excluding hydrogens is 384 g/mol. The van der Waals surface area contributed by atoms with Gasteiger partial charge in [0.15, 0.2) is 0 Å². The van der Waals surface area contributed by atoms with E-state index in [9.17, 15) is 9.59 Å². The summed E-state index contributed by atoms with van der Waals surface area (Å²) in [6, 6.07) is 7.10. The highest BCUT2D eigenvalue weighted by Crippen LogP contribution is 2.24. The molecule has 0 saturated carbocycles. The molecule has 0 spiro atoms. The van der Waals surface area contributed by atoms with Crippen molar-refractivity contribution in [2.75, 3.05) is 26.8 Å². The Morgan fingerprint density at radius 3 is 2.60 bits per heavy atom. The molecule has 0 bridgehead atoms. The summed E-state index contributed by atoms with van der Waals surface area (Å²) in [5, 5.41) is 7.29. The molecule has 1 fully saturated rings. The van der Waals surface area contributed by atoms with Gasteiger partial charge in [-0.3, -0.25) is 14.3 Å². The molecule has 2 amide bonds. The SMILES string of the molecule is COCC(=O)N1CCC(Oc2ccccc2C(=O)N[C@@H](C)c2cnn(C)c2C)CC1. The lowest BCUT2D eigenvalue weighted by Gasteiger charge is -2.32. The number of hydrogen-bond acceptors (Lipinski definition) is 5. The summed E-state index contributed by atoms with van der Waals surface area (Å²) in [4.78, 5) is 26.7. The molecule has 1 aliphatic heterocycles. The summed E-state index contributed by atoms with van der Waals surface area (Å²) in [5.41, 5.74) is 2.50. The van der Waals surface area contributed by atoms with E-state index in [2.05, 4.69) is 10.4 Å². The number of methoxy groups -OCH3 is 1. The third-order valence-electron chi connectivity index (χ3n) is 5.58. The fourth-order valence-corrected chi connectivity index (χ4v) is 3.67. The number of aryl methyl sites for hydroxylation is 1. The van der Waals surface area contributed by atoms with Crippen molar-refractivity contribution in [1.29, 1.82) is 0 Å². The van der Waals surface area contributed by atoms with E-state index in [0.717, 1.165) is 24.1 Å². The van der Waals surface area contributed by atoms with Crippen LogP contribution < -0.4 is 10.1 Å². The summed E-state index contributed by atoms with van der Waals surface area (Å²) < 4.78 is 12.9. The van der Waals surface area contributed by atoms with Crippen LogP contribution in [0, 0.1) is 6.92 Å². The normalized spacial score (nSPS) is 15.7. The number of carbonyl (C=O) groups excluding carboxylic acids is 2. The van der Waals surface area contributed by atoms with Crippen molar-refractivity contribution in [2.45, 2.75) is 38.8 Å². The lowest BCUT2D eigenvalue weighted by atomic mass is 10.1. The van der Waals surface area contributed by atoms with Crippen LogP contribution in [0.15, 0.2) is 30.5 Å². The second kappa shape index (κ2) is 9.75. The number of hydrogen-bond donors (Lipinski definition) is 1. The minimum Gasteiger partial charge on any atom is -0.489 e. The van der Waals surface area contributed by atoms with E-state index in [4.69, 9.17) is 9.47 Å². The molecule has 0 radical (unpaired) electrons. The number of amides is 2. The van der Waals surface area contributed by atoms with E-state index in [1.165, 1.54) is 7.11 Å². The summed E-state index contributed by atoms with van der Waals surface area (Å²) in [6.45, 7) is 5.27. The van der Waals surface area contributed by atoms with Crippen LogP contribution in [-0.4, -0.2) is 59.4 Å². The number of para-hydroxylation sites is 1. The number of rotatable bonds is 7. The average Bonchev–Trinajstić information content (AvgIpc) is 3.07. The van der Waals surface area contributed by atoms with Crippen molar-refractivity contribution in [3.63, 3.8) is 0 Å². The zero-order valence-electron chi connectivity index (χ0n) is 18.1. The predicted molar refractivity (Wildman–Crippen MR) is 112 cm³/mol. The molecule has 1 aromatic heterocycles. The molecule has 1 atom stereocenters. The highest BCUT2D eigenvalue weighted by Gasteiger charge is 2.25. The van der Waals surface area contributed by atoms with Crippen molar-refractivity contribution < 1.29 is 19.1 Å². The zero-order chi connectivity index (χ0) is 21.7. The molecule has 8 heteroatoms. The van der Waals surface area contributed by atoms with Gasteiger partial charge in [-0.05, 0) is 26.0 Å². The molecule has 8 nitrogen and oxygen atoms in total. The van der Waals surface area contributed by atoms with Gasteiger partial charge in [0.2, 0.25) is 5.91 Å². The van der Waals surface area contributed by atoms with E-state index in [0.29, 0.717) is 24.4 Å². The second-order valence-electron chi connectivity index (χ2n) is 7.63. The van der Waals surface area contributed by atoms with E-state index in [-0.39, 0.29) is 30.6 Å². The largest absolute Gasteiger partial charge is 0.489 e. The number of aromatic nitrogens is 2. The number of benzene rings is 1. The van der Waals surface area contributed by atoms with Crippen LogP contribution in [0.25, 0.3) is 0 Å². The van der Waals surface area contributed by atoms with Gasteiger partial charge in [-0.2, -0.15) is 5.10 Å². The monoisotopic (exact) mass is 414 g/mol. The molecular formula is C22H30N4O4. The number of likely N-dealkylation sites (tertiary alicyclic amines) is 1. The highest BCUT2D eigenvalue weighted by molar-refractivity contribution is 5.97. The van der Waals surface area contributed by atoms with E-state index >= 15 is 0 Å². The third-order valence-corrected chi connectivity index (χ3v) is 5.58. The maximum Gasteiger partial charge on any atom is 0.255 e. The van der Waals surface area contributed by atoms with Crippen molar-refractivity contribution in [1.82, 2.24) is 20.0 Å². The summed E-state index contributed by atoms with van der Waals surface area (Å²) in [7, 11) is 3.40. The number of piperidine rings is 1. The van der Waals surface area contributed by atoms with Gasteiger partial charge in [-0.1, -0.05) is 12.1 Å². The molecule has 30 heavy (non-hydrogen) atoms. The van der Waals surface area contributed by atoms with Crippen molar-refractivity contribution in [2.24, 2.45) is 7.05 Å². The van der Waals surface area contributed by atoms with Crippen LogP contribution in [0.2, 0.25) is 0 Å². The minimum atomic E-state index is -0.186. The number of nitrogens with zero attached hydrogens (tertiary/aromatic N) is 3. The van der Waals surface area contributed by atoms with Gasteiger partial charge in [0.05, 0.1) is 17.8 Å². The fraction of sp³-hybridized carbons (Fsp3) is 0.500. The smallest absolute Gasteiger partial charge is 0.255 e. The lowest BCUT2D eigenvalue weighted by molar-refractivity contribution is -0.136. The van der Waals surface area contributed by atoms with Crippen LogP contribution in [0.1, 0.15) is 47.4 Å². The lowest BCUT2D eigenvalue weighted by Crippen LogP contribution is -2.43. The molecule has 2 aromatic rings. The quantitative estimate of drug-likeness (QED) is 0.751.